The van der Waals surface area contributed by atoms with Crippen LogP contribution in [-0.2, 0) is 27.8 Å². The van der Waals surface area contributed by atoms with Gasteiger partial charge < -0.3 is 4.74 Å². The van der Waals surface area contributed by atoms with E-state index in [1.165, 1.54) is 6.33 Å². The summed E-state index contributed by atoms with van der Waals surface area (Å²) in [4.78, 5) is 28.7. The lowest BCUT2D eigenvalue weighted by atomic mass is 9.70. The first-order chi connectivity index (χ1) is 9.10. The molecule has 6 heteroatoms. The minimum absolute atomic E-state index is 0.0276. The van der Waals surface area contributed by atoms with Crippen LogP contribution in [0.15, 0.2) is 6.33 Å². The molecule has 1 aliphatic rings. The lowest BCUT2D eigenvalue weighted by Crippen LogP contribution is -2.45. The van der Waals surface area contributed by atoms with Crippen molar-refractivity contribution in [2.75, 3.05) is 6.61 Å². The predicted molar refractivity (Wildman–Crippen MR) is 67.2 cm³/mol. The second kappa shape index (κ2) is 5.50. The lowest BCUT2D eigenvalue weighted by molar-refractivity contribution is -0.162. The molecule has 0 amide bonds. The standard InChI is InChI=1S/C13H19N3O3/c1-3-19-12(18)13(7-5-4-6-10(13)17)8-11-14-9-15-16(11)2/h9H,3-8H2,1-2H3. The average Bonchev–Trinajstić information content (AvgIpc) is 2.78. The number of Topliss-reactive ketones (excluding diaryl/α,β-unsaturated/α-hetero) is 1. The van der Waals surface area contributed by atoms with Crippen LogP contribution in [-0.4, -0.2) is 33.1 Å². The summed E-state index contributed by atoms with van der Waals surface area (Å²) in [6.07, 6.45) is 4.40. The highest BCUT2D eigenvalue weighted by Gasteiger charge is 2.48. The molecule has 1 aromatic heterocycles. The van der Waals surface area contributed by atoms with E-state index >= 15 is 0 Å². The Balaban J connectivity index is 2.31. The molecule has 6 nitrogen and oxygen atoms in total. The second-order valence-electron chi connectivity index (χ2n) is 4.91. The number of ketones is 1. The molecule has 0 saturated heterocycles. The van der Waals surface area contributed by atoms with E-state index in [9.17, 15) is 9.59 Å². The minimum atomic E-state index is -1.06. The number of esters is 1. The van der Waals surface area contributed by atoms with E-state index in [-0.39, 0.29) is 18.8 Å². The van der Waals surface area contributed by atoms with E-state index in [0.717, 1.165) is 12.8 Å². The predicted octanol–water partition coefficient (Wildman–Crippen LogP) is 1.05. The van der Waals surface area contributed by atoms with Gasteiger partial charge in [-0.25, -0.2) is 4.98 Å². The molecule has 1 aliphatic carbocycles. The molecule has 0 aliphatic heterocycles. The molecular formula is C13H19N3O3. The number of aromatic nitrogens is 3. The lowest BCUT2D eigenvalue weighted by Gasteiger charge is -2.32. The molecule has 0 spiro atoms. The molecule has 0 bridgehead atoms. The largest absolute Gasteiger partial charge is 0.465 e. The maximum Gasteiger partial charge on any atom is 0.320 e. The minimum Gasteiger partial charge on any atom is -0.465 e. The van der Waals surface area contributed by atoms with Crippen LogP contribution in [0.2, 0.25) is 0 Å². The van der Waals surface area contributed by atoms with E-state index in [0.29, 0.717) is 18.7 Å². The van der Waals surface area contributed by atoms with Crippen molar-refractivity contribution in [3.63, 3.8) is 0 Å². The zero-order chi connectivity index (χ0) is 13.9. The highest BCUT2D eigenvalue weighted by molar-refractivity contribution is 6.04. The topological polar surface area (TPSA) is 74.1 Å². The van der Waals surface area contributed by atoms with Gasteiger partial charge in [-0.2, -0.15) is 5.10 Å². The van der Waals surface area contributed by atoms with Crippen molar-refractivity contribution in [2.45, 2.75) is 39.0 Å². The van der Waals surface area contributed by atoms with Gasteiger partial charge in [-0.05, 0) is 19.8 Å². The Labute approximate surface area is 112 Å². The average molecular weight is 265 g/mol. The number of hydrogen-bond acceptors (Lipinski definition) is 5. The van der Waals surface area contributed by atoms with Crippen molar-refractivity contribution in [2.24, 2.45) is 12.5 Å². The molecule has 1 unspecified atom stereocenters. The summed E-state index contributed by atoms with van der Waals surface area (Å²) < 4.78 is 6.73. The van der Waals surface area contributed by atoms with Gasteiger partial charge in [0, 0.05) is 19.9 Å². The third kappa shape index (κ3) is 2.52. The Morgan fingerprint density at radius 1 is 1.53 bits per heavy atom. The molecule has 0 N–H and O–H groups in total. The van der Waals surface area contributed by atoms with Crippen LogP contribution < -0.4 is 0 Å². The van der Waals surface area contributed by atoms with E-state index in [4.69, 9.17) is 4.74 Å². The zero-order valence-electron chi connectivity index (χ0n) is 11.4. The fourth-order valence-corrected chi connectivity index (χ4v) is 2.59. The number of nitrogens with zero attached hydrogens (tertiary/aromatic N) is 3. The number of carbonyl (C=O) groups excluding carboxylic acids is 2. The van der Waals surface area contributed by atoms with Gasteiger partial charge in [-0.3, -0.25) is 14.3 Å². The van der Waals surface area contributed by atoms with Crippen LogP contribution in [0.3, 0.4) is 0 Å². The summed E-state index contributed by atoms with van der Waals surface area (Å²) in [5.74, 6) is 0.200. The van der Waals surface area contributed by atoms with Crippen molar-refractivity contribution in [3.05, 3.63) is 12.2 Å². The Kier molecular flexibility index (Phi) is 3.97. The summed E-state index contributed by atoms with van der Waals surface area (Å²) in [6, 6.07) is 0. The molecule has 1 saturated carbocycles. The smallest absolute Gasteiger partial charge is 0.320 e. The first-order valence-corrected chi connectivity index (χ1v) is 6.63. The summed E-state index contributed by atoms with van der Waals surface area (Å²) in [5.41, 5.74) is -1.06. The van der Waals surface area contributed by atoms with Crippen LogP contribution in [0.4, 0.5) is 0 Å². The maximum absolute atomic E-state index is 12.3. The van der Waals surface area contributed by atoms with Crippen LogP contribution in [0.5, 0.6) is 0 Å². The van der Waals surface area contributed by atoms with Gasteiger partial charge in [0.05, 0.1) is 6.61 Å². The second-order valence-corrected chi connectivity index (χ2v) is 4.91. The molecule has 1 aromatic rings. The number of ether oxygens (including phenoxy) is 1. The van der Waals surface area contributed by atoms with E-state index in [1.807, 2.05) is 0 Å². The van der Waals surface area contributed by atoms with Gasteiger partial charge in [0.2, 0.25) is 0 Å². The zero-order valence-corrected chi connectivity index (χ0v) is 11.4. The third-order valence-corrected chi connectivity index (χ3v) is 3.72. The van der Waals surface area contributed by atoms with Crippen LogP contribution in [0, 0.1) is 5.41 Å². The Morgan fingerprint density at radius 3 is 2.89 bits per heavy atom. The molecule has 1 fully saturated rings. The highest BCUT2D eigenvalue weighted by atomic mass is 16.5. The number of hydrogen-bond donors (Lipinski definition) is 0. The molecule has 1 heterocycles. The van der Waals surface area contributed by atoms with E-state index in [1.54, 1.807) is 18.7 Å². The van der Waals surface area contributed by atoms with E-state index in [2.05, 4.69) is 10.1 Å². The summed E-state index contributed by atoms with van der Waals surface area (Å²) >= 11 is 0. The van der Waals surface area contributed by atoms with Crippen LogP contribution >= 0.6 is 0 Å². The molecule has 104 valence electrons. The summed E-state index contributed by atoms with van der Waals surface area (Å²) in [6.45, 7) is 2.04. The first kappa shape index (κ1) is 13.7. The van der Waals surface area contributed by atoms with Gasteiger partial charge in [-0.1, -0.05) is 6.42 Å². The van der Waals surface area contributed by atoms with E-state index < -0.39 is 11.4 Å². The molecule has 19 heavy (non-hydrogen) atoms. The highest BCUT2D eigenvalue weighted by Crippen LogP contribution is 2.37. The fourth-order valence-electron chi connectivity index (χ4n) is 2.59. The normalized spacial score (nSPS) is 23.4. The van der Waals surface area contributed by atoms with Crippen LogP contribution in [0.1, 0.15) is 38.4 Å². The summed E-state index contributed by atoms with van der Waals surface area (Å²) in [5, 5.41) is 3.99. The molecule has 0 aromatic carbocycles. The maximum atomic E-state index is 12.3. The number of rotatable bonds is 4. The van der Waals surface area contributed by atoms with Crippen molar-refractivity contribution in [1.82, 2.24) is 14.8 Å². The first-order valence-electron chi connectivity index (χ1n) is 6.63. The monoisotopic (exact) mass is 265 g/mol. The third-order valence-electron chi connectivity index (χ3n) is 3.72. The van der Waals surface area contributed by atoms with Crippen molar-refractivity contribution in [3.8, 4) is 0 Å². The molecule has 0 radical (unpaired) electrons. The van der Waals surface area contributed by atoms with Gasteiger partial charge in [0.1, 0.15) is 17.6 Å². The fraction of sp³-hybridized carbons (Fsp3) is 0.692. The van der Waals surface area contributed by atoms with Crippen molar-refractivity contribution < 1.29 is 14.3 Å². The van der Waals surface area contributed by atoms with Gasteiger partial charge in [-0.15, -0.1) is 0 Å². The van der Waals surface area contributed by atoms with Crippen LogP contribution in [0.25, 0.3) is 0 Å². The molecule has 2 rings (SSSR count). The van der Waals surface area contributed by atoms with Crippen molar-refractivity contribution >= 4 is 11.8 Å². The molecular weight excluding hydrogens is 246 g/mol. The SMILES string of the molecule is CCOC(=O)C1(Cc2ncnn2C)CCCCC1=O. The Morgan fingerprint density at radius 2 is 2.32 bits per heavy atom. The van der Waals surface area contributed by atoms with Crippen molar-refractivity contribution in [1.29, 1.82) is 0 Å². The number of aryl methyl sites for hydroxylation is 1. The quantitative estimate of drug-likeness (QED) is 0.601. The Bertz CT molecular complexity index is 483. The summed E-state index contributed by atoms with van der Waals surface area (Å²) in [7, 11) is 1.76. The Hall–Kier alpha value is -1.72. The van der Waals surface area contributed by atoms with Gasteiger partial charge in [0.15, 0.2) is 5.78 Å². The number of carbonyl (C=O) groups is 2. The van der Waals surface area contributed by atoms with Gasteiger partial charge >= 0.3 is 5.97 Å². The van der Waals surface area contributed by atoms with Gasteiger partial charge in [0.25, 0.3) is 0 Å². The molecule has 1 atom stereocenters.